The minimum atomic E-state index is -4.37. The number of rotatable bonds is 5. The predicted molar refractivity (Wildman–Crippen MR) is 92.5 cm³/mol. The molecule has 1 aliphatic rings. The fraction of sp³-hybridized carbons (Fsp3) is 0.562. The molecule has 0 bridgehead atoms. The maximum atomic E-state index is 12.6. The Morgan fingerprint density at radius 3 is 2.15 bits per heavy atom. The molecule has 6 nitrogen and oxygen atoms in total. The maximum absolute atomic E-state index is 12.6. The van der Waals surface area contributed by atoms with Crippen molar-refractivity contribution in [2.45, 2.75) is 18.6 Å². The number of piperazine rings is 1. The molecule has 1 fully saturated rings. The zero-order valence-corrected chi connectivity index (χ0v) is 15.2. The molecular formula is C16H22F3N3O3S. The molecule has 1 atom stereocenters. The van der Waals surface area contributed by atoms with E-state index >= 15 is 0 Å². The second kappa shape index (κ2) is 7.83. The summed E-state index contributed by atoms with van der Waals surface area (Å²) in [6.45, 7) is 1.70. The highest BCUT2D eigenvalue weighted by atomic mass is 32.2. The summed E-state index contributed by atoms with van der Waals surface area (Å²) in [5.74, 6) is -0.452. The first kappa shape index (κ1) is 20.5. The van der Waals surface area contributed by atoms with Crippen molar-refractivity contribution in [2.24, 2.45) is 5.73 Å². The molecule has 1 heterocycles. The number of alkyl halides is 3. The smallest absolute Gasteiger partial charge is 0.368 e. The van der Waals surface area contributed by atoms with Crippen molar-refractivity contribution in [3.8, 4) is 0 Å². The summed E-state index contributed by atoms with van der Waals surface area (Å²) in [6.07, 6.45) is -3.21. The Morgan fingerprint density at radius 1 is 1.15 bits per heavy atom. The van der Waals surface area contributed by atoms with E-state index in [4.69, 9.17) is 5.73 Å². The number of halogens is 3. The Hall–Kier alpha value is -1.81. The lowest BCUT2D eigenvalue weighted by Gasteiger charge is -2.37. The van der Waals surface area contributed by atoms with E-state index in [0.29, 0.717) is 31.9 Å². The Kier molecular flexibility index (Phi) is 6.17. The molecule has 0 aliphatic carbocycles. The summed E-state index contributed by atoms with van der Waals surface area (Å²) in [4.78, 5) is 15.7. The Morgan fingerprint density at radius 2 is 1.69 bits per heavy atom. The fourth-order valence-electron chi connectivity index (χ4n) is 2.75. The van der Waals surface area contributed by atoms with Crippen LogP contribution in [0.15, 0.2) is 24.3 Å². The van der Waals surface area contributed by atoms with Crippen LogP contribution in [0.4, 0.5) is 18.9 Å². The molecule has 1 unspecified atom stereocenters. The van der Waals surface area contributed by atoms with Crippen molar-refractivity contribution >= 4 is 21.4 Å². The van der Waals surface area contributed by atoms with E-state index in [-0.39, 0.29) is 18.1 Å². The van der Waals surface area contributed by atoms with Gasteiger partial charge in [-0.3, -0.25) is 4.79 Å². The lowest BCUT2D eigenvalue weighted by atomic mass is 10.1. The zero-order valence-electron chi connectivity index (χ0n) is 14.4. The number of hydrogen-bond acceptors (Lipinski definition) is 5. The van der Waals surface area contributed by atoms with Crippen LogP contribution in [0.5, 0.6) is 0 Å². The van der Waals surface area contributed by atoms with E-state index in [0.717, 1.165) is 18.4 Å². The van der Waals surface area contributed by atoms with Gasteiger partial charge in [0.1, 0.15) is 9.84 Å². The van der Waals surface area contributed by atoms with E-state index in [2.05, 4.69) is 0 Å². The first-order chi connectivity index (χ1) is 12.0. The average molecular weight is 393 g/mol. The van der Waals surface area contributed by atoms with E-state index in [1.807, 2.05) is 4.90 Å². The lowest BCUT2D eigenvalue weighted by molar-refractivity contribution is -0.137. The highest BCUT2D eigenvalue weighted by Gasteiger charge is 2.30. The van der Waals surface area contributed by atoms with Crippen LogP contribution in [0.25, 0.3) is 0 Å². The van der Waals surface area contributed by atoms with Gasteiger partial charge in [0.15, 0.2) is 0 Å². The van der Waals surface area contributed by atoms with Crippen LogP contribution < -0.4 is 10.6 Å². The monoisotopic (exact) mass is 393 g/mol. The number of benzene rings is 1. The molecule has 2 rings (SSSR count). The van der Waals surface area contributed by atoms with Crippen LogP contribution in [-0.2, 0) is 20.8 Å². The molecular weight excluding hydrogens is 371 g/mol. The van der Waals surface area contributed by atoms with Crippen LogP contribution in [0, 0.1) is 0 Å². The Labute approximate surface area is 150 Å². The van der Waals surface area contributed by atoms with Gasteiger partial charge in [0.25, 0.3) is 0 Å². The van der Waals surface area contributed by atoms with Crippen LogP contribution in [-0.4, -0.2) is 63.5 Å². The second-order valence-corrected chi connectivity index (χ2v) is 8.64. The number of sulfone groups is 1. The average Bonchev–Trinajstić information content (AvgIpc) is 2.58. The van der Waals surface area contributed by atoms with E-state index in [1.165, 1.54) is 12.1 Å². The van der Waals surface area contributed by atoms with E-state index in [1.54, 1.807) is 4.90 Å². The van der Waals surface area contributed by atoms with Gasteiger partial charge in [-0.05, 0) is 30.7 Å². The molecule has 146 valence electrons. The van der Waals surface area contributed by atoms with Gasteiger partial charge in [-0.1, -0.05) is 0 Å². The summed E-state index contributed by atoms with van der Waals surface area (Å²) in [7, 11) is -3.18. The van der Waals surface area contributed by atoms with Crippen molar-refractivity contribution in [1.82, 2.24) is 4.90 Å². The van der Waals surface area contributed by atoms with Crippen molar-refractivity contribution < 1.29 is 26.4 Å². The topological polar surface area (TPSA) is 83.7 Å². The molecule has 1 saturated heterocycles. The molecule has 0 spiro atoms. The van der Waals surface area contributed by atoms with Gasteiger partial charge >= 0.3 is 6.18 Å². The van der Waals surface area contributed by atoms with Crippen molar-refractivity contribution in [3.63, 3.8) is 0 Å². The van der Waals surface area contributed by atoms with Crippen molar-refractivity contribution in [3.05, 3.63) is 29.8 Å². The molecule has 0 aromatic heterocycles. The number of nitrogens with two attached hydrogens (primary N) is 1. The maximum Gasteiger partial charge on any atom is 0.416 e. The highest BCUT2D eigenvalue weighted by molar-refractivity contribution is 7.90. The van der Waals surface area contributed by atoms with Gasteiger partial charge in [0, 0.05) is 38.1 Å². The number of carbonyl (C=O) groups is 1. The molecule has 1 aliphatic heterocycles. The third kappa shape index (κ3) is 5.60. The molecule has 26 heavy (non-hydrogen) atoms. The van der Waals surface area contributed by atoms with Gasteiger partial charge in [0.05, 0.1) is 17.4 Å². The number of amides is 1. The summed E-state index contributed by atoms with van der Waals surface area (Å²) < 4.78 is 60.1. The normalized spacial score (nSPS) is 17.3. The van der Waals surface area contributed by atoms with E-state index in [9.17, 15) is 26.4 Å². The quantitative estimate of drug-likeness (QED) is 0.811. The summed E-state index contributed by atoms with van der Waals surface area (Å²) >= 11 is 0. The first-order valence-electron chi connectivity index (χ1n) is 8.12. The van der Waals surface area contributed by atoms with Crippen LogP contribution in [0.2, 0.25) is 0 Å². The first-order valence-corrected chi connectivity index (χ1v) is 10.2. The van der Waals surface area contributed by atoms with Crippen molar-refractivity contribution in [2.75, 3.05) is 43.1 Å². The highest BCUT2D eigenvalue weighted by Crippen LogP contribution is 2.30. The van der Waals surface area contributed by atoms with Crippen LogP contribution >= 0.6 is 0 Å². The number of anilines is 1. The second-order valence-electron chi connectivity index (χ2n) is 6.38. The number of hydrogen-bond donors (Lipinski definition) is 1. The van der Waals surface area contributed by atoms with Gasteiger partial charge < -0.3 is 15.5 Å². The molecule has 2 N–H and O–H groups in total. The standard InChI is InChI=1S/C16H22F3N3O3S/c1-26(24,25)11-6-14(20)15(23)22-9-7-21(8-10-22)13-4-2-12(3-5-13)16(17,18)19/h2-5,14H,6-11,20H2,1H3. The molecule has 0 saturated carbocycles. The molecule has 1 amide bonds. The largest absolute Gasteiger partial charge is 0.416 e. The lowest BCUT2D eigenvalue weighted by Crippen LogP contribution is -2.53. The number of carbonyl (C=O) groups excluding carboxylic acids is 1. The molecule has 0 radical (unpaired) electrons. The minimum Gasteiger partial charge on any atom is -0.368 e. The van der Waals surface area contributed by atoms with E-state index < -0.39 is 27.6 Å². The minimum absolute atomic E-state index is 0.0663. The molecule has 1 aromatic rings. The van der Waals surface area contributed by atoms with Crippen LogP contribution in [0.1, 0.15) is 12.0 Å². The van der Waals surface area contributed by atoms with Gasteiger partial charge in [-0.25, -0.2) is 8.42 Å². The third-order valence-electron chi connectivity index (χ3n) is 4.27. The fourth-order valence-corrected chi connectivity index (χ4v) is 3.43. The number of nitrogens with zero attached hydrogens (tertiary/aromatic N) is 2. The Balaban J connectivity index is 1.89. The third-order valence-corrected chi connectivity index (χ3v) is 5.25. The molecule has 10 heteroatoms. The summed E-state index contributed by atoms with van der Waals surface area (Å²) in [5, 5.41) is 0. The van der Waals surface area contributed by atoms with Gasteiger partial charge in [-0.2, -0.15) is 13.2 Å². The van der Waals surface area contributed by atoms with Crippen molar-refractivity contribution in [1.29, 1.82) is 0 Å². The van der Waals surface area contributed by atoms with Crippen LogP contribution in [0.3, 0.4) is 0 Å². The SMILES string of the molecule is CS(=O)(=O)CCC(N)C(=O)N1CCN(c2ccc(C(F)(F)F)cc2)CC1. The van der Waals surface area contributed by atoms with Gasteiger partial charge in [0.2, 0.25) is 5.91 Å². The van der Waals surface area contributed by atoms with Gasteiger partial charge in [-0.15, -0.1) is 0 Å². The Bertz CT molecular complexity index is 727. The zero-order chi connectivity index (χ0) is 19.5. The predicted octanol–water partition coefficient (Wildman–Crippen LogP) is 1.12. The summed E-state index contributed by atoms with van der Waals surface area (Å²) in [6, 6.07) is 4.03. The summed E-state index contributed by atoms with van der Waals surface area (Å²) in [5.41, 5.74) is 5.74. The molecule has 1 aromatic carbocycles.